The van der Waals surface area contributed by atoms with Crippen molar-refractivity contribution in [2.75, 3.05) is 11.1 Å². The summed E-state index contributed by atoms with van der Waals surface area (Å²) in [5.41, 5.74) is 11.5. The molecule has 0 spiro atoms. The molecule has 0 unspecified atom stereocenters. The molecule has 0 radical (unpaired) electrons. The average Bonchev–Trinajstić information content (AvgIpc) is 2.85. The fourth-order valence-corrected chi connectivity index (χ4v) is 4.45. The van der Waals surface area contributed by atoms with Crippen molar-refractivity contribution < 1.29 is 0 Å². The number of pyridine rings is 1. The predicted molar refractivity (Wildman–Crippen MR) is 143 cm³/mol. The van der Waals surface area contributed by atoms with E-state index in [-0.39, 0.29) is 17.5 Å². The lowest BCUT2D eigenvalue weighted by atomic mass is 10.0. The molecule has 0 bridgehead atoms. The van der Waals surface area contributed by atoms with E-state index >= 15 is 0 Å². The van der Waals surface area contributed by atoms with Crippen LogP contribution in [-0.2, 0) is 0 Å². The lowest BCUT2D eigenvalue weighted by molar-refractivity contribution is 0.773. The number of nitrogens with two attached hydrogens (primary N) is 1. The SMILES string of the molecule is Cc1ccc(-c2cnc(N)nc2N[C@@H](C)c2cc3cccc(C)c3c(=O)n2-c2ccccc2)cc1. The highest BCUT2D eigenvalue weighted by Gasteiger charge is 2.19. The number of anilines is 2. The molecule has 2 heterocycles. The summed E-state index contributed by atoms with van der Waals surface area (Å²) in [5, 5.41) is 5.14. The van der Waals surface area contributed by atoms with E-state index in [1.54, 1.807) is 10.8 Å². The zero-order chi connectivity index (χ0) is 24.5. The summed E-state index contributed by atoms with van der Waals surface area (Å²) in [6.45, 7) is 6.04. The molecular formula is C29H27N5O. The largest absolute Gasteiger partial charge is 0.368 e. The highest BCUT2D eigenvalue weighted by molar-refractivity contribution is 5.85. The topological polar surface area (TPSA) is 85.8 Å². The second-order valence-corrected chi connectivity index (χ2v) is 8.81. The Balaban J connectivity index is 1.66. The van der Waals surface area contributed by atoms with Crippen LogP contribution in [0.4, 0.5) is 11.8 Å². The molecule has 0 amide bonds. The summed E-state index contributed by atoms with van der Waals surface area (Å²) in [6.07, 6.45) is 1.73. The fraction of sp³-hybridized carbons (Fsp3) is 0.138. The number of benzene rings is 3. The summed E-state index contributed by atoms with van der Waals surface area (Å²) in [6, 6.07) is 25.6. The van der Waals surface area contributed by atoms with Crippen LogP contribution < -0.4 is 16.6 Å². The Hall–Kier alpha value is -4.45. The third kappa shape index (κ3) is 4.26. The van der Waals surface area contributed by atoms with Gasteiger partial charge in [0.25, 0.3) is 5.56 Å². The van der Waals surface area contributed by atoms with Gasteiger partial charge in [-0.15, -0.1) is 0 Å². The van der Waals surface area contributed by atoms with Gasteiger partial charge >= 0.3 is 0 Å². The van der Waals surface area contributed by atoms with E-state index in [1.807, 2.05) is 74.5 Å². The van der Waals surface area contributed by atoms with Crippen molar-refractivity contribution in [1.82, 2.24) is 14.5 Å². The molecule has 174 valence electrons. The van der Waals surface area contributed by atoms with Crippen LogP contribution in [0.2, 0.25) is 0 Å². The Morgan fingerprint density at radius 3 is 2.43 bits per heavy atom. The zero-order valence-corrected chi connectivity index (χ0v) is 20.0. The first kappa shape index (κ1) is 22.3. The molecular weight excluding hydrogens is 434 g/mol. The number of rotatable bonds is 5. The monoisotopic (exact) mass is 461 g/mol. The first-order valence-corrected chi connectivity index (χ1v) is 11.6. The van der Waals surface area contributed by atoms with Crippen molar-refractivity contribution in [1.29, 1.82) is 0 Å². The highest BCUT2D eigenvalue weighted by atomic mass is 16.1. The minimum absolute atomic E-state index is 0.0450. The number of hydrogen-bond acceptors (Lipinski definition) is 5. The normalized spacial score (nSPS) is 12.0. The third-order valence-corrected chi connectivity index (χ3v) is 6.26. The van der Waals surface area contributed by atoms with Crippen molar-refractivity contribution in [2.24, 2.45) is 0 Å². The summed E-state index contributed by atoms with van der Waals surface area (Å²) < 4.78 is 1.78. The molecule has 2 aromatic heterocycles. The van der Waals surface area contributed by atoms with Gasteiger partial charge in [0.05, 0.1) is 11.4 Å². The molecule has 0 aliphatic carbocycles. The summed E-state index contributed by atoms with van der Waals surface area (Å²) in [7, 11) is 0. The number of hydrogen-bond donors (Lipinski definition) is 2. The van der Waals surface area contributed by atoms with Crippen molar-refractivity contribution in [3.8, 4) is 16.8 Å². The number of nitrogen functional groups attached to an aromatic ring is 1. The maximum Gasteiger partial charge on any atom is 0.263 e. The van der Waals surface area contributed by atoms with Gasteiger partial charge in [0.15, 0.2) is 0 Å². The van der Waals surface area contributed by atoms with E-state index in [9.17, 15) is 4.79 Å². The number of nitrogens with zero attached hydrogens (tertiary/aromatic N) is 3. The molecule has 0 saturated carbocycles. The Labute approximate surface area is 204 Å². The van der Waals surface area contributed by atoms with Gasteiger partial charge in [0.2, 0.25) is 5.95 Å². The Morgan fingerprint density at radius 1 is 0.943 bits per heavy atom. The molecule has 0 aliphatic rings. The fourth-order valence-electron chi connectivity index (χ4n) is 4.45. The summed E-state index contributed by atoms with van der Waals surface area (Å²) in [4.78, 5) is 22.5. The van der Waals surface area contributed by atoms with Crippen molar-refractivity contribution in [3.05, 3.63) is 112 Å². The van der Waals surface area contributed by atoms with Gasteiger partial charge in [0.1, 0.15) is 5.82 Å². The molecule has 6 nitrogen and oxygen atoms in total. The maximum atomic E-state index is 13.8. The minimum atomic E-state index is -0.258. The number of nitrogens with one attached hydrogen (secondary N) is 1. The van der Waals surface area contributed by atoms with E-state index in [1.165, 1.54) is 5.56 Å². The van der Waals surface area contributed by atoms with Crippen molar-refractivity contribution >= 4 is 22.5 Å². The standard InChI is InChI=1S/C29H27N5O/c1-18-12-14-21(15-13-18)24-17-31-29(30)33-27(24)32-20(3)25-16-22-9-7-8-19(2)26(22)28(35)34(25)23-10-5-4-6-11-23/h4-17,20H,1-3H3,(H3,30,31,32,33)/t20-/m0/s1. The third-order valence-electron chi connectivity index (χ3n) is 6.26. The van der Waals surface area contributed by atoms with E-state index < -0.39 is 0 Å². The van der Waals surface area contributed by atoms with Crippen LogP contribution >= 0.6 is 0 Å². The summed E-state index contributed by atoms with van der Waals surface area (Å²) in [5.74, 6) is 0.801. The first-order chi connectivity index (χ1) is 16.9. The van der Waals surface area contributed by atoms with E-state index in [0.717, 1.165) is 38.8 Å². The second-order valence-electron chi connectivity index (χ2n) is 8.81. The average molecular weight is 462 g/mol. The van der Waals surface area contributed by atoms with Crippen LogP contribution in [0.25, 0.3) is 27.6 Å². The second kappa shape index (κ2) is 9.06. The molecule has 0 aliphatic heterocycles. The smallest absolute Gasteiger partial charge is 0.263 e. The molecule has 0 saturated heterocycles. The van der Waals surface area contributed by atoms with E-state index in [2.05, 4.69) is 40.4 Å². The van der Waals surface area contributed by atoms with Gasteiger partial charge in [-0.1, -0.05) is 66.2 Å². The lowest BCUT2D eigenvalue weighted by Gasteiger charge is -2.23. The quantitative estimate of drug-likeness (QED) is 0.344. The lowest BCUT2D eigenvalue weighted by Crippen LogP contribution is -2.26. The maximum absolute atomic E-state index is 13.8. The van der Waals surface area contributed by atoms with Crippen molar-refractivity contribution in [2.45, 2.75) is 26.8 Å². The van der Waals surface area contributed by atoms with Gasteiger partial charge < -0.3 is 11.1 Å². The highest BCUT2D eigenvalue weighted by Crippen LogP contribution is 2.31. The van der Waals surface area contributed by atoms with Gasteiger partial charge in [0, 0.05) is 23.1 Å². The molecule has 35 heavy (non-hydrogen) atoms. The van der Waals surface area contributed by atoms with Crippen LogP contribution in [0, 0.1) is 13.8 Å². The zero-order valence-electron chi connectivity index (χ0n) is 20.0. The van der Waals surface area contributed by atoms with Crippen LogP contribution in [0.3, 0.4) is 0 Å². The molecule has 3 N–H and O–H groups in total. The van der Waals surface area contributed by atoms with E-state index in [0.29, 0.717) is 5.82 Å². The Kier molecular flexibility index (Phi) is 5.79. The van der Waals surface area contributed by atoms with Crippen molar-refractivity contribution in [3.63, 3.8) is 0 Å². The minimum Gasteiger partial charge on any atom is -0.368 e. The molecule has 1 atom stereocenters. The van der Waals surface area contributed by atoms with Gasteiger partial charge in [-0.05, 0) is 55.5 Å². The number of para-hydroxylation sites is 1. The Bertz CT molecular complexity index is 1570. The summed E-state index contributed by atoms with van der Waals surface area (Å²) >= 11 is 0. The van der Waals surface area contributed by atoms with Gasteiger partial charge in [-0.3, -0.25) is 9.36 Å². The molecule has 0 fully saturated rings. The molecule has 5 aromatic rings. The van der Waals surface area contributed by atoms with Crippen LogP contribution in [0.15, 0.2) is 89.9 Å². The van der Waals surface area contributed by atoms with Gasteiger partial charge in [-0.2, -0.15) is 4.98 Å². The van der Waals surface area contributed by atoms with Crippen LogP contribution in [0.5, 0.6) is 0 Å². The molecule has 3 aromatic carbocycles. The Morgan fingerprint density at radius 2 is 1.69 bits per heavy atom. The van der Waals surface area contributed by atoms with Gasteiger partial charge in [-0.25, -0.2) is 4.98 Å². The first-order valence-electron chi connectivity index (χ1n) is 11.6. The number of aryl methyl sites for hydroxylation is 2. The number of aromatic nitrogens is 3. The molecule has 6 heteroatoms. The van der Waals surface area contributed by atoms with Crippen LogP contribution in [-0.4, -0.2) is 14.5 Å². The van der Waals surface area contributed by atoms with Crippen LogP contribution in [0.1, 0.15) is 29.8 Å². The number of fused-ring (bicyclic) bond motifs is 1. The van der Waals surface area contributed by atoms with E-state index in [4.69, 9.17) is 5.73 Å². The predicted octanol–water partition coefficient (Wildman–Crippen LogP) is 5.82. The molecule has 5 rings (SSSR count).